The van der Waals surface area contributed by atoms with Crippen molar-refractivity contribution in [1.29, 1.82) is 0 Å². The number of aromatic carboxylic acids is 2. The molecule has 0 aromatic heterocycles. The molecule has 0 fully saturated rings. The van der Waals surface area contributed by atoms with Gasteiger partial charge in [-0.2, -0.15) is 5.10 Å². The van der Waals surface area contributed by atoms with Crippen LogP contribution in [-0.2, 0) is 0 Å². The van der Waals surface area contributed by atoms with Crippen LogP contribution in [0.4, 0.5) is 11.4 Å². The molecule has 3 aromatic carbocycles. The summed E-state index contributed by atoms with van der Waals surface area (Å²) in [5, 5.41) is 25.5. The number of nitrogens with zero attached hydrogens (tertiary/aromatic N) is 3. The second-order valence-electron chi connectivity index (χ2n) is 7.84. The van der Waals surface area contributed by atoms with E-state index in [4.69, 9.17) is 5.10 Å². The molecular weight excluding hydrogens is 406 g/mol. The van der Waals surface area contributed by atoms with Gasteiger partial charge in [-0.15, -0.1) is 0 Å². The van der Waals surface area contributed by atoms with Gasteiger partial charge in [-0.05, 0) is 41.5 Å². The second-order valence-corrected chi connectivity index (χ2v) is 7.84. The lowest BCUT2D eigenvalue weighted by Crippen LogP contribution is -2.20. The van der Waals surface area contributed by atoms with Gasteiger partial charge in [0.05, 0.1) is 28.6 Å². The Labute approximate surface area is 185 Å². The minimum absolute atomic E-state index is 0.0926. The highest BCUT2D eigenvalue weighted by molar-refractivity contribution is 6.03. The molecule has 7 heteroatoms. The van der Waals surface area contributed by atoms with Crippen LogP contribution in [-0.4, -0.2) is 42.0 Å². The third-order valence-electron chi connectivity index (χ3n) is 5.49. The summed E-state index contributed by atoms with van der Waals surface area (Å²) in [5.74, 6) is -2.37. The summed E-state index contributed by atoms with van der Waals surface area (Å²) in [6.07, 6.45) is 0.602. The van der Waals surface area contributed by atoms with Crippen molar-refractivity contribution in [2.24, 2.45) is 5.10 Å². The quantitative estimate of drug-likeness (QED) is 0.599. The predicted molar refractivity (Wildman–Crippen MR) is 124 cm³/mol. The first kappa shape index (κ1) is 21.1. The summed E-state index contributed by atoms with van der Waals surface area (Å²) in [5.41, 5.74) is 4.12. The van der Waals surface area contributed by atoms with Crippen LogP contribution in [0.1, 0.15) is 44.3 Å². The van der Waals surface area contributed by atoms with E-state index >= 15 is 0 Å². The van der Waals surface area contributed by atoms with Gasteiger partial charge in [0.1, 0.15) is 0 Å². The number of carboxylic acid groups (broad SMARTS) is 2. The van der Waals surface area contributed by atoms with Crippen LogP contribution in [0.3, 0.4) is 0 Å². The molecule has 2 N–H and O–H groups in total. The number of rotatable bonds is 6. The molecule has 1 atom stereocenters. The minimum atomic E-state index is -1.19. The van der Waals surface area contributed by atoms with Gasteiger partial charge in [-0.1, -0.05) is 42.5 Å². The van der Waals surface area contributed by atoms with E-state index in [2.05, 4.69) is 0 Å². The third-order valence-corrected chi connectivity index (χ3v) is 5.49. The number of carboxylic acids is 2. The zero-order valence-corrected chi connectivity index (χ0v) is 17.8. The van der Waals surface area contributed by atoms with Gasteiger partial charge in [-0.3, -0.25) is 5.01 Å². The lowest BCUT2D eigenvalue weighted by molar-refractivity contribution is 0.0696. The van der Waals surface area contributed by atoms with Gasteiger partial charge in [0, 0.05) is 26.2 Å². The van der Waals surface area contributed by atoms with Crippen LogP contribution < -0.4 is 9.91 Å². The fourth-order valence-corrected chi connectivity index (χ4v) is 3.80. The monoisotopic (exact) mass is 429 g/mol. The van der Waals surface area contributed by atoms with E-state index in [0.717, 1.165) is 28.6 Å². The van der Waals surface area contributed by atoms with Crippen LogP contribution in [0.15, 0.2) is 77.9 Å². The number of hydrogen-bond acceptors (Lipinski definition) is 5. The van der Waals surface area contributed by atoms with Gasteiger partial charge < -0.3 is 15.1 Å². The van der Waals surface area contributed by atoms with Crippen molar-refractivity contribution >= 4 is 29.0 Å². The molecule has 7 nitrogen and oxygen atoms in total. The van der Waals surface area contributed by atoms with E-state index in [-0.39, 0.29) is 17.2 Å². The van der Waals surface area contributed by atoms with Crippen LogP contribution in [0.5, 0.6) is 0 Å². The first-order chi connectivity index (χ1) is 15.3. The van der Waals surface area contributed by atoms with Crippen molar-refractivity contribution in [1.82, 2.24) is 0 Å². The number of hydrogen-bond donors (Lipinski definition) is 2. The Morgan fingerprint density at radius 3 is 2.03 bits per heavy atom. The number of hydrazone groups is 1. The lowest BCUT2D eigenvalue weighted by Gasteiger charge is -2.25. The Bertz CT molecular complexity index is 1160. The molecule has 0 aliphatic carbocycles. The van der Waals surface area contributed by atoms with Crippen molar-refractivity contribution in [2.75, 3.05) is 24.0 Å². The smallest absolute Gasteiger partial charge is 0.335 e. The van der Waals surface area contributed by atoms with Crippen LogP contribution >= 0.6 is 0 Å². The fourth-order valence-electron chi connectivity index (χ4n) is 3.80. The molecule has 32 heavy (non-hydrogen) atoms. The summed E-state index contributed by atoms with van der Waals surface area (Å²) >= 11 is 0. The normalized spacial score (nSPS) is 15.4. The molecule has 4 rings (SSSR count). The molecule has 1 aliphatic rings. The van der Waals surface area contributed by atoms with E-state index in [1.54, 1.807) is 5.01 Å². The molecule has 0 saturated carbocycles. The van der Waals surface area contributed by atoms with E-state index in [1.807, 2.05) is 73.6 Å². The van der Waals surface area contributed by atoms with Gasteiger partial charge >= 0.3 is 11.9 Å². The Kier molecular flexibility index (Phi) is 5.64. The molecule has 0 radical (unpaired) electrons. The summed E-state index contributed by atoms with van der Waals surface area (Å²) < 4.78 is 0. The maximum absolute atomic E-state index is 11.6. The zero-order valence-electron chi connectivity index (χ0n) is 17.8. The van der Waals surface area contributed by atoms with Crippen LogP contribution in [0.25, 0.3) is 0 Å². The Balaban J connectivity index is 1.82. The van der Waals surface area contributed by atoms with E-state index in [0.29, 0.717) is 12.1 Å². The van der Waals surface area contributed by atoms with Gasteiger partial charge in [-0.25, -0.2) is 9.59 Å². The highest BCUT2D eigenvalue weighted by Crippen LogP contribution is 2.38. The molecule has 1 heterocycles. The van der Waals surface area contributed by atoms with Crippen molar-refractivity contribution < 1.29 is 19.8 Å². The SMILES string of the molecule is CN(C)c1ccc([C@@H]2CC(c3ccccc3)=NN2c2cc(C(=O)O)cc(C(=O)O)c2)cc1. The zero-order chi connectivity index (χ0) is 22.8. The first-order valence-corrected chi connectivity index (χ1v) is 10.1. The molecule has 0 saturated heterocycles. The fraction of sp³-hybridized carbons (Fsp3) is 0.160. The molecular formula is C25H23N3O4. The summed E-state index contributed by atoms with van der Waals surface area (Å²) in [7, 11) is 3.94. The standard InChI is InChI=1S/C25H23N3O4/c1-27(2)20-10-8-17(9-11-20)23-15-22(16-6-4-3-5-7-16)26-28(23)21-13-18(24(29)30)12-19(14-21)25(31)32/h3-14,23H,15H2,1-2H3,(H,29,30)(H,31,32)/t23-/m0/s1. The minimum Gasteiger partial charge on any atom is -0.478 e. The molecule has 162 valence electrons. The average molecular weight is 429 g/mol. The van der Waals surface area contributed by atoms with Gasteiger partial charge in [0.15, 0.2) is 0 Å². The maximum atomic E-state index is 11.6. The van der Waals surface area contributed by atoms with Gasteiger partial charge in [0.25, 0.3) is 0 Å². The average Bonchev–Trinajstić information content (AvgIpc) is 3.25. The highest BCUT2D eigenvalue weighted by Gasteiger charge is 2.31. The molecule has 0 amide bonds. The van der Waals surface area contributed by atoms with Crippen molar-refractivity contribution in [3.05, 3.63) is 95.1 Å². The number of carbonyl (C=O) groups is 2. The topological polar surface area (TPSA) is 93.4 Å². The Morgan fingerprint density at radius 2 is 1.50 bits per heavy atom. The molecule has 0 spiro atoms. The molecule has 0 unspecified atom stereocenters. The molecule has 1 aliphatic heterocycles. The van der Waals surface area contributed by atoms with Crippen molar-refractivity contribution in [2.45, 2.75) is 12.5 Å². The molecule has 0 bridgehead atoms. The van der Waals surface area contributed by atoms with E-state index in [9.17, 15) is 19.8 Å². The lowest BCUT2D eigenvalue weighted by atomic mass is 9.97. The van der Waals surface area contributed by atoms with Gasteiger partial charge in [0.2, 0.25) is 0 Å². The number of benzene rings is 3. The van der Waals surface area contributed by atoms with E-state index in [1.165, 1.54) is 12.1 Å². The Morgan fingerprint density at radius 1 is 0.906 bits per heavy atom. The molecule has 3 aromatic rings. The number of anilines is 2. The van der Waals surface area contributed by atoms with Crippen molar-refractivity contribution in [3.63, 3.8) is 0 Å². The first-order valence-electron chi connectivity index (χ1n) is 10.1. The highest BCUT2D eigenvalue weighted by atomic mass is 16.4. The largest absolute Gasteiger partial charge is 0.478 e. The summed E-state index contributed by atoms with van der Waals surface area (Å²) in [6.45, 7) is 0. The van der Waals surface area contributed by atoms with Crippen molar-refractivity contribution in [3.8, 4) is 0 Å². The third kappa shape index (κ3) is 4.18. The summed E-state index contributed by atoms with van der Waals surface area (Å²) in [6, 6.07) is 21.7. The van der Waals surface area contributed by atoms with Crippen LogP contribution in [0, 0.1) is 0 Å². The van der Waals surface area contributed by atoms with Crippen LogP contribution in [0.2, 0.25) is 0 Å². The summed E-state index contributed by atoms with van der Waals surface area (Å²) in [4.78, 5) is 25.3. The second kappa shape index (κ2) is 8.55. The Hall–Kier alpha value is -4.13. The van der Waals surface area contributed by atoms with E-state index < -0.39 is 11.9 Å². The maximum Gasteiger partial charge on any atom is 0.335 e. The predicted octanol–water partition coefficient (Wildman–Crippen LogP) is 4.50.